The molecule has 6 N–H and O–H groups in total. The van der Waals surface area contributed by atoms with Gasteiger partial charge in [0.15, 0.2) is 0 Å². The van der Waals surface area contributed by atoms with Crippen LogP contribution in [0.2, 0.25) is 0 Å². The topological polar surface area (TPSA) is 172 Å². The molecule has 2 rings (SSSR count). The van der Waals surface area contributed by atoms with E-state index in [2.05, 4.69) is 20.8 Å². The minimum Gasteiger partial charge on any atom is -0.475 e. The van der Waals surface area contributed by atoms with E-state index < -0.39 is 24.3 Å². The van der Waals surface area contributed by atoms with Gasteiger partial charge in [0.25, 0.3) is 0 Å². The average Bonchev–Trinajstić information content (AvgIpc) is 2.92. The van der Waals surface area contributed by atoms with E-state index in [0.717, 1.165) is 0 Å². The number of amides is 2. The van der Waals surface area contributed by atoms with E-state index in [1.54, 1.807) is 0 Å². The first-order chi connectivity index (χ1) is 11.0. The molecule has 11 nitrogen and oxygen atoms in total. The number of alkyl halides is 3. The lowest BCUT2D eigenvalue weighted by atomic mass is 9.99. The summed E-state index contributed by atoms with van der Waals surface area (Å²) in [6, 6.07) is -1.09. The van der Waals surface area contributed by atoms with Crippen LogP contribution in [0, 0.1) is 0 Å². The Kier molecular flexibility index (Phi) is 6.05. The van der Waals surface area contributed by atoms with Crippen LogP contribution in [0.25, 0.3) is 0 Å². The third-order valence-electron chi connectivity index (χ3n) is 2.69. The highest BCUT2D eigenvalue weighted by Gasteiger charge is 2.41. The number of carbonyl (C=O) groups is 3. The normalized spacial score (nSPS) is 19.4. The Morgan fingerprint density at radius 3 is 2.38 bits per heavy atom. The molecule has 24 heavy (non-hydrogen) atoms. The van der Waals surface area contributed by atoms with Gasteiger partial charge < -0.3 is 26.6 Å². The zero-order valence-electron chi connectivity index (χ0n) is 11.8. The van der Waals surface area contributed by atoms with Crippen molar-refractivity contribution >= 4 is 18.0 Å². The fourth-order valence-corrected chi connectivity index (χ4v) is 1.58. The van der Waals surface area contributed by atoms with E-state index in [-0.39, 0.29) is 18.5 Å². The quantitative estimate of drug-likeness (QED) is 0.406. The summed E-state index contributed by atoms with van der Waals surface area (Å²) in [6.07, 6.45) is -4.79. The predicted octanol–water partition coefficient (Wildman–Crippen LogP) is -1.50. The van der Waals surface area contributed by atoms with E-state index in [1.165, 1.54) is 11.0 Å². The highest BCUT2D eigenvalue weighted by molar-refractivity contribution is 5.91. The molecule has 1 aromatic heterocycles. The number of carboxylic acid groups (broad SMARTS) is 2. The van der Waals surface area contributed by atoms with Gasteiger partial charge in [0, 0.05) is 6.54 Å². The Bertz CT molecular complexity index is 618. The molecular formula is C10H13F3N6O5. The molecule has 1 aliphatic heterocycles. The van der Waals surface area contributed by atoms with Gasteiger partial charge in [-0.2, -0.15) is 28.2 Å². The second kappa shape index (κ2) is 7.58. The van der Waals surface area contributed by atoms with Crippen LogP contribution in [0.4, 0.5) is 18.0 Å². The van der Waals surface area contributed by atoms with Gasteiger partial charge in [-0.25, -0.2) is 9.59 Å². The maximum Gasteiger partial charge on any atom is 0.490 e. The SMILES string of the molecule is NCc1cnn(C[C@H]2NC(=O)[C@H]2NC(=O)O)n1.O=C(O)C(F)(F)F. The van der Waals surface area contributed by atoms with Crippen molar-refractivity contribution in [1.29, 1.82) is 0 Å². The third kappa shape index (κ3) is 5.38. The molecule has 0 saturated carbocycles. The van der Waals surface area contributed by atoms with Gasteiger partial charge in [0.05, 0.1) is 24.5 Å². The predicted molar refractivity (Wildman–Crippen MR) is 68.5 cm³/mol. The monoisotopic (exact) mass is 354 g/mol. The number of halogens is 3. The molecule has 1 aliphatic rings. The summed E-state index contributed by atoms with van der Waals surface area (Å²) >= 11 is 0. The molecule has 1 fully saturated rings. The summed E-state index contributed by atoms with van der Waals surface area (Å²) in [5.41, 5.74) is 6.02. The number of aromatic nitrogens is 3. The van der Waals surface area contributed by atoms with Crippen LogP contribution in [0.1, 0.15) is 5.69 Å². The molecule has 0 unspecified atom stereocenters. The molecule has 2 heterocycles. The lowest BCUT2D eigenvalue weighted by Gasteiger charge is -2.35. The molecule has 0 bridgehead atoms. The van der Waals surface area contributed by atoms with Crippen LogP contribution >= 0.6 is 0 Å². The van der Waals surface area contributed by atoms with Crippen molar-refractivity contribution in [2.45, 2.75) is 31.3 Å². The van der Waals surface area contributed by atoms with E-state index in [0.29, 0.717) is 12.2 Å². The zero-order valence-corrected chi connectivity index (χ0v) is 11.8. The van der Waals surface area contributed by atoms with Gasteiger partial charge in [-0.1, -0.05) is 0 Å². The van der Waals surface area contributed by atoms with Gasteiger partial charge in [0.2, 0.25) is 5.91 Å². The first-order valence-electron chi connectivity index (χ1n) is 6.23. The van der Waals surface area contributed by atoms with Gasteiger partial charge in [-0.15, -0.1) is 0 Å². The number of aliphatic carboxylic acids is 1. The van der Waals surface area contributed by atoms with Crippen LogP contribution in [-0.2, 0) is 22.7 Å². The van der Waals surface area contributed by atoms with Crippen LogP contribution < -0.4 is 16.4 Å². The lowest BCUT2D eigenvalue weighted by Crippen LogP contribution is -2.70. The third-order valence-corrected chi connectivity index (χ3v) is 2.69. The van der Waals surface area contributed by atoms with Crippen LogP contribution in [-0.4, -0.2) is 61.4 Å². The number of nitrogens with two attached hydrogens (primary N) is 1. The number of carbonyl (C=O) groups excluding carboxylic acids is 1. The summed E-state index contributed by atoms with van der Waals surface area (Å²) in [5.74, 6) is -3.10. The van der Waals surface area contributed by atoms with Crippen molar-refractivity contribution < 1.29 is 37.8 Å². The van der Waals surface area contributed by atoms with E-state index in [1.807, 2.05) is 0 Å². The number of hydrogen-bond donors (Lipinski definition) is 5. The molecule has 2 atom stereocenters. The maximum absolute atomic E-state index is 11.1. The van der Waals surface area contributed by atoms with E-state index in [9.17, 15) is 22.8 Å². The maximum atomic E-state index is 11.1. The number of nitrogens with one attached hydrogen (secondary N) is 2. The van der Waals surface area contributed by atoms with Gasteiger partial charge >= 0.3 is 18.2 Å². The van der Waals surface area contributed by atoms with Crippen LogP contribution in [0.5, 0.6) is 0 Å². The minimum atomic E-state index is -5.08. The Hall–Kier alpha value is -2.90. The molecule has 14 heteroatoms. The Labute approximate surface area is 131 Å². The number of carboxylic acids is 1. The molecule has 1 aromatic rings. The first-order valence-corrected chi connectivity index (χ1v) is 6.23. The van der Waals surface area contributed by atoms with E-state index >= 15 is 0 Å². The molecule has 2 amide bonds. The van der Waals surface area contributed by atoms with Gasteiger partial charge in [0.1, 0.15) is 6.04 Å². The molecule has 0 spiro atoms. The van der Waals surface area contributed by atoms with Gasteiger partial charge in [-0.3, -0.25) is 4.79 Å². The molecule has 0 aliphatic carbocycles. The van der Waals surface area contributed by atoms with E-state index in [4.69, 9.17) is 20.7 Å². The van der Waals surface area contributed by atoms with Crippen molar-refractivity contribution in [3.63, 3.8) is 0 Å². The smallest absolute Gasteiger partial charge is 0.475 e. The summed E-state index contributed by atoms with van der Waals surface area (Å²) in [6.45, 7) is 0.588. The first kappa shape index (κ1) is 19.1. The molecule has 134 valence electrons. The summed E-state index contributed by atoms with van der Waals surface area (Å²) in [5, 5.41) is 28.4. The average molecular weight is 354 g/mol. The molecule has 0 radical (unpaired) electrons. The Morgan fingerprint density at radius 1 is 1.42 bits per heavy atom. The fourth-order valence-electron chi connectivity index (χ4n) is 1.58. The Morgan fingerprint density at radius 2 is 2.00 bits per heavy atom. The van der Waals surface area contributed by atoms with Crippen molar-refractivity contribution in [3.05, 3.63) is 11.9 Å². The number of rotatable bonds is 4. The second-order valence-electron chi connectivity index (χ2n) is 4.44. The van der Waals surface area contributed by atoms with Gasteiger partial charge in [-0.05, 0) is 0 Å². The Balaban J connectivity index is 0.000000351. The highest BCUT2D eigenvalue weighted by Crippen LogP contribution is 2.13. The van der Waals surface area contributed by atoms with Crippen LogP contribution in [0.3, 0.4) is 0 Å². The lowest BCUT2D eigenvalue weighted by molar-refractivity contribution is -0.192. The standard InChI is InChI=1S/C8H12N6O3.C2HF3O2/c9-1-4-2-10-14(13-4)3-5-6(7(15)11-5)12-8(16)17;3-2(4,5)1(6)7/h2,5-6,12H,1,3,9H2,(H,11,15)(H,16,17);(H,6,7)/t5-,6+;/m1./s1. The summed E-state index contributed by atoms with van der Waals surface area (Å²) in [7, 11) is 0. The highest BCUT2D eigenvalue weighted by atomic mass is 19.4. The van der Waals surface area contributed by atoms with Crippen molar-refractivity contribution in [2.24, 2.45) is 5.73 Å². The largest absolute Gasteiger partial charge is 0.490 e. The minimum absolute atomic E-state index is 0.286. The molecule has 1 saturated heterocycles. The number of nitrogens with zero attached hydrogens (tertiary/aromatic N) is 3. The van der Waals surface area contributed by atoms with Crippen LogP contribution in [0.15, 0.2) is 6.20 Å². The van der Waals surface area contributed by atoms with Crippen molar-refractivity contribution in [1.82, 2.24) is 25.6 Å². The summed E-state index contributed by atoms with van der Waals surface area (Å²) in [4.78, 5) is 31.8. The number of β-lactam (4-membered cyclic amide) rings is 1. The summed E-state index contributed by atoms with van der Waals surface area (Å²) < 4.78 is 31.7. The second-order valence-corrected chi connectivity index (χ2v) is 4.44. The fraction of sp³-hybridized carbons (Fsp3) is 0.500. The number of hydrogen-bond acceptors (Lipinski definition) is 6. The van der Waals surface area contributed by atoms with Crippen molar-refractivity contribution in [3.8, 4) is 0 Å². The van der Waals surface area contributed by atoms with Crippen molar-refractivity contribution in [2.75, 3.05) is 0 Å². The zero-order chi connectivity index (χ0) is 18.5. The molecule has 0 aromatic carbocycles. The molecular weight excluding hydrogens is 341 g/mol.